The third kappa shape index (κ3) is 4.36. The number of aromatic carboxylic acids is 1. The quantitative estimate of drug-likeness (QED) is 0.491. The number of benzene rings is 2. The zero-order valence-corrected chi connectivity index (χ0v) is 15.4. The summed E-state index contributed by atoms with van der Waals surface area (Å²) >= 11 is 5.86. The Kier molecular flexibility index (Phi) is 6.18. The molecule has 1 unspecified atom stereocenters. The highest BCUT2D eigenvalue weighted by atomic mass is 35.5. The van der Waals surface area contributed by atoms with E-state index in [1.165, 1.54) is 6.07 Å². The van der Waals surface area contributed by atoms with Crippen LogP contribution in [0, 0.1) is 10.1 Å². The van der Waals surface area contributed by atoms with Crippen LogP contribution in [0.15, 0.2) is 30.3 Å². The number of nitro groups is 1. The highest BCUT2D eigenvalue weighted by molar-refractivity contribution is 6.32. The van der Waals surface area contributed by atoms with E-state index >= 15 is 0 Å². The Bertz CT molecular complexity index is 930. The SMILES string of the molecule is CCC(C)c1ccc(C(=O)[O-])c([N+](=O)[O-])c1Oc1ccc(C(F)(F)F)cc1Cl. The van der Waals surface area contributed by atoms with Crippen molar-refractivity contribution in [3.05, 3.63) is 62.2 Å². The van der Waals surface area contributed by atoms with Gasteiger partial charge in [-0.25, -0.2) is 0 Å². The standard InChI is InChI=1S/C18H15ClF3NO5/c1-3-9(2)11-5-6-12(17(24)25)15(23(26)27)16(11)28-14-7-4-10(8-13(14)19)18(20,21)22/h4-9H,3H2,1-2H3,(H,24,25)/p-1. The lowest BCUT2D eigenvalue weighted by Gasteiger charge is -2.18. The van der Waals surface area contributed by atoms with Gasteiger partial charge in [-0.3, -0.25) is 10.1 Å². The van der Waals surface area contributed by atoms with Crippen LogP contribution in [-0.4, -0.2) is 10.9 Å². The first-order valence-corrected chi connectivity index (χ1v) is 8.42. The number of carbonyl (C=O) groups excluding carboxylic acids is 1. The van der Waals surface area contributed by atoms with Gasteiger partial charge in [-0.05, 0) is 36.6 Å². The van der Waals surface area contributed by atoms with Crippen molar-refractivity contribution in [3.8, 4) is 11.5 Å². The second-order valence-electron chi connectivity index (χ2n) is 5.98. The van der Waals surface area contributed by atoms with Gasteiger partial charge in [-0.1, -0.05) is 31.5 Å². The Labute approximate surface area is 162 Å². The Balaban J connectivity index is 2.67. The van der Waals surface area contributed by atoms with Gasteiger partial charge in [0, 0.05) is 5.56 Å². The number of hydrogen-bond acceptors (Lipinski definition) is 5. The first-order chi connectivity index (χ1) is 13.0. The van der Waals surface area contributed by atoms with Crippen LogP contribution in [0.1, 0.15) is 47.7 Å². The van der Waals surface area contributed by atoms with Crippen LogP contribution >= 0.6 is 11.6 Å². The van der Waals surface area contributed by atoms with E-state index in [1.807, 2.05) is 0 Å². The van der Waals surface area contributed by atoms with Crippen LogP contribution in [-0.2, 0) is 6.18 Å². The molecule has 10 heteroatoms. The zero-order chi connectivity index (χ0) is 21.2. The summed E-state index contributed by atoms with van der Waals surface area (Å²) < 4.78 is 43.9. The summed E-state index contributed by atoms with van der Waals surface area (Å²) in [6, 6.07) is 4.63. The van der Waals surface area contributed by atoms with Gasteiger partial charge >= 0.3 is 11.9 Å². The highest BCUT2D eigenvalue weighted by Crippen LogP contribution is 2.44. The normalized spacial score (nSPS) is 12.5. The zero-order valence-electron chi connectivity index (χ0n) is 14.7. The van der Waals surface area contributed by atoms with Crippen molar-refractivity contribution in [1.29, 1.82) is 0 Å². The Morgan fingerprint density at radius 3 is 2.39 bits per heavy atom. The largest absolute Gasteiger partial charge is 0.545 e. The lowest BCUT2D eigenvalue weighted by molar-refractivity contribution is -0.386. The summed E-state index contributed by atoms with van der Waals surface area (Å²) in [6.07, 6.45) is -4.09. The van der Waals surface area contributed by atoms with Gasteiger partial charge in [0.05, 0.1) is 27.0 Å². The molecule has 2 aromatic carbocycles. The first kappa shape index (κ1) is 21.5. The van der Waals surface area contributed by atoms with E-state index in [-0.39, 0.29) is 11.7 Å². The van der Waals surface area contributed by atoms with Crippen LogP contribution in [0.2, 0.25) is 5.02 Å². The van der Waals surface area contributed by atoms with Crippen molar-refractivity contribution in [2.24, 2.45) is 0 Å². The number of halogens is 4. The van der Waals surface area contributed by atoms with Crippen molar-refractivity contribution in [1.82, 2.24) is 0 Å². The summed E-state index contributed by atoms with van der Waals surface area (Å²) in [5, 5.41) is 22.4. The summed E-state index contributed by atoms with van der Waals surface area (Å²) in [7, 11) is 0. The fourth-order valence-electron chi connectivity index (χ4n) is 2.52. The summed E-state index contributed by atoms with van der Waals surface area (Å²) in [5.74, 6) is -2.73. The minimum absolute atomic E-state index is 0.266. The fourth-order valence-corrected chi connectivity index (χ4v) is 2.74. The average molecular weight is 417 g/mol. The maximum absolute atomic E-state index is 12.8. The number of carboxylic acids is 1. The lowest BCUT2D eigenvalue weighted by atomic mass is 9.95. The van der Waals surface area contributed by atoms with Crippen LogP contribution < -0.4 is 9.84 Å². The number of nitrogens with zero attached hydrogens (tertiary/aromatic N) is 1. The summed E-state index contributed by atoms with van der Waals surface area (Å²) in [4.78, 5) is 21.9. The molecule has 0 aliphatic rings. The van der Waals surface area contributed by atoms with Gasteiger partial charge in [0.1, 0.15) is 5.75 Å². The number of nitro benzene ring substituents is 1. The molecule has 0 aromatic heterocycles. The predicted molar refractivity (Wildman–Crippen MR) is 92.7 cm³/mol. The molecule has 2 aromatic rings. The third-order valence-electron chi connectivity index (χ3n) is 4.18. The predicted octanol–water partition coefficient (Wildman–Crippen LogP) is 4.94. The Hall–Kier alpha value is -2.81. The third-order valence-corrected chi connectivity index (χ3v) is 4.47. The molecule has 28 heavy (non-hydrogen) atoms. The van der Waals surface area contributed by atoms with Crippen molar-refractivity contribution in [2.75, 3.05) is 0 Å². The van der Waals surface area contributed by atoms with Crippen molar-refractivity contribution >= 4 is 23.3 Å². The molecule has 0 bridgehead atoms. The number of hydrogen-bond donors (Lipinski definition) is 0. The van der Waals surface area contributed by atoms with Crippen LogP contribution in [0.25, 0.3) is 0 Å². The van der Waals surface area contributed by atoms with Crippen LogP contribution in [0.3, 0.4) is 0 Å². The topological polar surface area (TPSA) is 92.5 Å². The Morgan fingerprint density at radius 1 is 1.29 bits per heavy atom. The van der Waals surface area contributed by atoms with E-state index in [2.05, 4.69) is 0 Å². The molecule has 2 rings (SSSR count). The van der Waals surface area contributed by atoms with Crippen molar-refractivity contribution in [2.45, 2.75) is 32.4 Å². The molecule has 0 aliphatic carbocycles. The monoisotopic (exact) mass is 416 g/mol. The molecule has 0 heterocycles. The molecule has 0 spiro atoms. The van der Waals surface area contributed by atoms with E-state index in [4.69, 9.17) is 16.3 Å². The van der Waals surface area contributed by atoms with Crippen molar-refractivity contribution < 1.29 is 32.7 Å². The van der Waals surface area contributed by atoms with E-state index in [0.717, 1.165) is 12.1 Å². The van der Waals surface area contributed by atoms with Gasteiger partial charge in [0.2, 0.25) is 5.75 Å². The number of carboxylic acid groups (broad SMARTS) is 1. The Morgan fingerprint density at radius 2 is 1.93 bits per heavy atom. The molecule has 0 saturated carbocycles. The van der Waals surface area contributed by atoms with E-state index in [1.54, 1.807) is 13.8 Å². The smallest absolute Gasteiger partial charge is 0.416 e. The number of alkyl halides is 3. The van der Waals surface area contributed by atoms with Gasteiger partial charge in [0.25, 0.3) is 0 Å². The molecule has 0 radical (unpaired) electrons. The maximum atomic E-state index is 12.8. The molecule has 0 saturated heterocycles. The second-order valence-corrected chi connectivity index (χ2v) is 6.39. The molecular formula is C18H14ClF3NO5-. The van der Waals surface area contributed by atoms with Crippen LogP contribution in [0.5, 0.6) is 11.5 Å². The molecular weight excluding hydrogens is 403 g/mol. The average Bonchev–Trinajstić information content (AvgIpc) is 2.60. The fraction of sp³-hybridized carbons (Fsp3) is 0.278. The minimum Gasteiger partial charge on any atom is -0.545 e. The molecule has 150 valence electrons. The second kappa shape index (κ2) is 8.05. The summed E-state index contributed by atoms with van der Waals surface area (Å²) in [5.41, 5.74) is -2.27. The van der Waals surface area contributed by atoms with Crippen LogP contribution in [0.4, 0.5) is 18.9 Å². The van der Waals surface area contributed by atoms with E-state index in [9.17, 15) is 33.2 Å². The molecule has 1 atom stereocenters. The summed E-state index contributed by atoms with van der Waals surface area (Å²) in [6.45, 7) is 3.54. The van der Waals surface area contributed by atoms with E-state index < -0.39 is 44.7 Å². The first-order valence-electron chi connectivity index (χ1n) is 8.04. The number of rotatable bonds is 6. The molecule has 0 amide bonds. The van der Waals surface area contributed by atoms with Gasteiger partial charge in [0.15, 0.2) is 0 Å². The highest BCUT2D eigenvalue weighted by Gasteiger charge is 2.32. The molecule has 0 fully saturated rings. The molecule has 0 N–H and O–H groups in total. The maximum Gasteiger partial charge on any atom is 0.416 e. The van der Waals surface area contributed by atoms with Crippen molar-refractivity contribution in [3.63, 3.8) is 0 Å². The van der Waals surface area contributed by atoms with Gasteiger partial charge in [-0.15, -0.1) is 0 Å². The molecule has 0 aliphatic heterocycles. The van der Waals surface area contributed by atoms with E-state index in [0.29, 0.717) is 24.1 Å². The van der Waals surface area contributed by atoms with Gasteiger partial charge in [-0.2, -0.15) is 13.2 Å². The number of ether oxygens (including phenoxy) is 1. The molecule has 6 nitrogen and oxygen atoms in total. The minimum atomic E-state index is -4.63. The van der Waals surface area contributed by atoms with Gasteiger partial charge < -0.3 is 14.6 Å². The number of carbonyl (C=O) groups is 1. The lowest BCUT2D eigenvalue weighted by Crippen LogP contribution is -2.24.